The summed E-state index contributed by atoms with van der Waals surface area (Å²) >= 11 is 0. The summed E-state index contributed by atoms with van der Waals surface area (Å²) in [5.41, 5.74) is 2.58. The van der Waals surface area contributed by atoms with E-state index in [1.165, 1.54) is 5.57 Å². The molecule has 5 nitrogen and oxygen atoms in total. The SMILES string of the molecule is COc1ccc(C2CC(=O)c3ccc(OCC=C(C)C)cc3O2)c(OC)c1. The highest BCUT2D eigenvalue weighted by atomic mass is 16.5. The first-order chi connectivity index (χ1) is 13.0. The first-order valence-electron chi connectivity index (χ1n) is 8.83. The third kappa shape index (κ3) is 4.25. The van der Waals surface area contributed by atoms with E-state index in [-0.39, 0.29) is 12.2 Å². The molecule has 0 bridgehead atoms. The fourth-order valence-electron chi connectivity index (χ4n) is 2.96. The largest absolute Gasteiger partial charge is 0.497 e. The number of carbonyl (C=O) groups is 1. The van der Waals surface area contributed by atoms with Crippen molar-refractivity contribution < 1.29 is 23.7 Å². The highest BCUT2D eigenvalue weighted by Gasteiger charge is 2.30. The third-order valence-electron chi connectivity index (χ3n) is 4.42. The van der Waals surface area contributed by atoms with Crippen LogP contribution in [-0.4, -0.2) is 26.6 Å². The summed E-state index contributed by atoms with van der Waals surface area (Å²) in [6.07, 6.45) is 1.84. The molecule has 1 atom stereocenters. The summed E-state index contributed by atoms with van der Waals surface area (Å²) in [4.78, 5) is 12.6. The van der Waals surface area contributed by atoms with E-state index in [1.807, 2.05) is 32.1 Å². The topological polar surface area (TPSA) is 54.0 Å². The maximum Gasteiger partial charge on any atom is 0.170 e. The molecule has 0 saturated carbocycles. The van der Waals surface area contributed by atoms with Crippen molar-refractivity contribution in [3.05, 3.63) is 59.2 Å². The minimum absolute atomic E-state index is 0.0370. The zero-order valence-corrected chi connectivity index (χ0v) is 16.1. The Morgan fingerprint density at radius 2 is 1.89 bits per heavy atom. The summed E-state index contributed by atoms with van der Waals surface area (Å²) in [6, 6.07) is 10.8. The molecule has 0 saturated heterocycles. The number of hydrogen-bond donors (Lipinski definition) is 0. The molecule has 0 aliphatic carbocycles. The van der Waals surface area contributed by atoms with E-state index in [9.17, 15) is 4.79 Å². The van der Waals surface area contributed by atoms with Gasteiger partial charge in [-0.2, -0.15) is 0 Å². The first-order valence-corrected chi connectivity index (χ1v) is 8.83. The molecule has 1 aliphatic heterocycles. The van der Waals surface area contributed by atoms with E-state index < -0.39 is 6.10 Å². The second kappa shape index (κ2) is 8.16. The molecule has 27 heavy (non-hydrogen) atoms. The van der Waals surface area contributed by atoms with Crippen molar-refractivity contribution in [1.29, 1.82) is 0 Å². The molecule has 1 unspecified atom stereocenters. The molecular formula is C22H24O5. The zero-order chi connectivity index (χ0) is 19.4. The number of Topliss-reactive ketones (excluding diaryl/α,β-unsaturated/α-hetero) is 1. The standard InChI is InChI=1S/C22H24O5/c1-14(2)9-10-26-16-6-7-17-19(23)13-22(27-21(17)12-16)18-8-5-15(24-3)11-20(18)25-4/h5-9,11-12,22H,10,13H2,1-4H3. The number of ketones is 1. The van der Waals surface area contributed by atoms with Crippen molar-refractivity contribution >= 4 is 5.78 Å². The Hall–Kier alpha value is -2.95. The summed E-state index contributed by atoms with van der Waals surface area (Å²) in [7, 11) is 3.19. The average Bonchev–Trinajstić information content (AvgIpc) is 2.66. The fraction of sp³-hybridized carbons (Fsp3) is 0.318. The lowest BCUT2D eigenvalue weighted by molar-refractivity contribution is 0.0846. The summed E-state index contributed by atoms with van der Waals surface area (Å²) < 4.78 is 22.6. The molecule has 0 amide bonds. The van der Waals surface area contributed by atoms with E-state index in [2.05, 4.69) is 0 Å². The number of methoxy groups -OCH3 is 2. The van der Waals surface area contributed by atoms with Gasteiger partial charge in [-0.1, -0.05) is 5.57 Å². The maximum absolute atomic E-state index is 12.6. The van der Waals surface area contributed by atoms with Gasteiger partial charge in [-0.25, -0.2) is 0 Å². The van der Waals surface area contributed by atoms with Crippen LogP contribution in [0.1, 0.15) is 42.3 Å². The predicted molar refractivity (Wildman–Crippen MR) is 103 cm³/mol. The lowest BCUT2D eigenvalue weighted by Crippen LogP contribution is -2.21. The van der Waals surface area contributed by atoms with E-state index in [1.54, 1.807) is 38.5 Å². The van der Waals surface area contributed by atoms with Crippen molar-refractivity contribution in [3.63, 3.8) is 0 Å². The Bertz CT molecular complexity index is 865. The van der Waals surface area contributed by atoms with Crippen molar-refractivity contribution in [3.8, 4) is 23.0 Å². The van der Waals surface area contributed by atoms with Gasteiger partial charge in [0.15, 0.2) is 5.78 Å². The first kappa shape index (κ1) is 18.8. The second-order valence-electron chi connectivity index (χ2n) is 6.59. The van der Waals surface area contributed by atoms with E-state index >= 15 is 0 Å². The summed E-state index contributed by atoms with van der Waals surface area (Å²) in [5.74, 6) is 2.56. The number of hydrogen-bond acceptors (Lipinski definition) is 5. The van der Waals surface area contributed by atoms with Crippen LogP contribution in [-0.2, 0) is 0 Å². The number of rotatable bonds is 6. The van der Waals surface area contributed by atoms with Crippen LogP contribution in [0, 0.1) is 0 Å². The number of carbonyl (C=O) groups excluding carboxylic acids is 1. The molecule has 0 fully saturated rings. The van der Waals surface area contributed by atoms with Gasteiger partial charge < -0.3 is 18.9 Å². The van der Waals surface area contributed by atoms with Gasteiger partial charge in [0.1, 0.15) is 35.7 Å². The van der Waals surface area contributed by atoms with Crippen LogP contribution in [0.15, 0.2) is 48.0 Å². The Kier molecular flexibility index (Phi) is 5.69. The van der Waals surface area contributed by atoms with Crippen molar-refractivity contribution in [1.82, 2.24) is 0 Å². The van der Waals surface area contributed by atoms with Crippen LogP contribution in [0.3, 0.4) is 0 Å². The van der Waals surface area contributed by atoms with Gasteiger partial charge in [-0.3, -0.25) is 4.79 Å². The Labute approximate surface area is 159 Å². The minimum Gasteiger partial charge on any atom is -0.497 e. The molecule has 0 aromatic heterocycles. The lowest BCUT2D eigenvalue weighted by atomic mass is 9.95. The molecule has 1 aliphatic rings. The molecule has 0 spiro atoms. The maximum atomic E-state index is 12.6. The normalized spacial score (nSPS) is 15.4. The van der Waals surface area contributed by atoms with Crippen molar-refractivity contribution in [2.24, 2.45) is 0 Å². The number of ether oxygens (including phenoxy) is 4. The molecule has 2 aromatic rings. The Morgan fingerprint density at radius 3 is 2.59 bits per heavy atom. The van der Waals surface area contributed by atoms with E-state index in [0.717, 1.165) is 5.56 Å². The van der Waals surface area contributed by atoms with Crippen molar-refractivity contribution in [2.45, 2.75) is 26.4 Å². The monoisotopic (exact) mass is 368 g/mol. The van der Waals surface area contributed by atoms with E-state index in [0.29, 0.717) is 35.2 Å². The smallest absolute Gasteiger partial charge is 0.170 e. The molecule has 0 N–H and O–H groups in total. The van der Waals surface area contributed by atoms with Crippen LogP contribution in [0.2, 0.25) is 0 Å². The van der Waals surface area contributed by atoms with Gasteiger partial charge >= 0.3 is 0 Å². The molecule has 0 radical (unpaired) electrons. The molecule has 3 rings (SSSR count). The Balaban J connectivity index is 1.86. The summed E-state index contributed by atoms with van der Waals surface area (Å²) in [6.45, 7) is 4.51. The third-order valence-corrected chi connectivity index (χ3v) is 4.42. The molecule has 1 heterocycles. The van der Waals surface area contributed by atoms with Crippen LogP contribution in [0.4, 0.5) is 0 Å². The number of fused-ring (bicyclic) bond motifs is 1. The zero-order valence-electron chi connectivity index (χ0n) is 16.1. The van der Waals surface area contributed by atoms with Gasteiger partial charge in [-0.15, -0.1) is 0 Å². The van der Waals surface area contributed by atoms with Gasteiger partial charge in [0, 0.05) is 17.7 Å². The quantitative estimate of drug-likeness (QED) is 0.689. The molecule has 5 heteroatoms. The number of benzene rings is 2. The van der Waals surface area contributed by atoms with Gasteiger partial charge in [-0.05, 0) is 44.2 Å². The highest BCUT2D eigenvalue weighted by molar-refractivity contribution is 6.00. The van der Waals surface area contributed by atoms with Crippen LogP contribution < -0.4 is 18.9 Å². The molecular weight excluding hydrogens is 344 g/mol. The van der Waals surface area contributed by atoms with Crippen LogP contribution in [0.25, 0.3) is 0 Å². The predicted octanol–water partition coefficient (Wildman–Crippen LogP) is 4.76. The average molecular weight is 368 g/mol. The second-order valence-corrected chi connectivity index (χ2v) is 6.59. The minimum atomic E-state index is -0.418. The van der Waals surface area contributed by atoms with Crippen molar-refractivity contribution in [2.75, 3.05) is 20.8 Å². The fourth-order valence-corrected chi connectivity index (χ4v) is 2.96. The van der Waals surface area contributed by atoms with Gasteiger partial charge in [0.2, 0.25) is 0 Å². The number of allylic oxidation sites excluding steroid dienone is 1. The van der Waals surface area contributed by atoms with E-state index in [4.69, 9.17) is 18.9 Å². The van der Waals surface area contributed by atoms with Crippen LogP contribution >= 0.6 is 0 Å². The lowest BCUT2D eigenvalue weighted by Gasteiger charge is -2.27. The van der Waals surface area contributed by atoms with Gasteiger partial charge in [0.25, 0.3) is 0 Å². The molecule has 2 aromatic carbocycles. The molecule has 142 valence electrons. The van der Waals surface area contributed by atoms with Crippen LogP contribution in [0.5, 0.6) is 23.0 Å². The summed E-state index contributed by atoms with van der Waals surface area (Å²) in [5, 5.41) is 0. The Morgan fingerprint density at radius 1 is 1.11 bits per heavy atom. The van der Waals surface area contributed by atoms with Gasteiger partial charge in [0.05, 0.1) is 26.2 Å². The highest BCUT2D eigenvalue weighted by Crippen LogP contribution is 2.40.